The molecule has 0 unspecified atom stereocenters. The van der Waals surface area contributed by atoms with Crippen molar-refractivity contribution in [2.45, 2.75) is 0 Å². The van der Waals surface area contributed by atoms with Gasteiger partial charge >= 0.3 is 0 Å². The molecular weight excluding hydrogens is 599 g/mol. The van der Waals surface area contributed by atoms with Crippen molar-refractivity contribution in [3.05, 3.63) is 186 Å². The lowest BCUT2D eigenvalue weighted by molar-refractivity contribution is 1.06. The third kappa shape index (κ3) is 4.07. The van der Waals surface area contributed by atoms with Crippen molar-refractivity contribution < 1.29 is 0 Å². The van der Waals surface area contributed by atoms with E-state index in [1.54, 1.807) is 0 Å². The molecule has 230 valence electrons. The molecule has 49 heavy (non-hydrogen) atoms. The Labute approximate surface area is 281 Å². The highest BCUT2D eigenvalue weighted by Crippen LogP contribution is 2.39. The maximum absolute atomic E-state index is 14.9. The van der Waals surface area contributed by atoms with E-state index in [4.69, 9.17) is 0 Å². The Morgan fingerprint density at radius 2 is 0.755 bits per heavy atom. The van der Waals surface area contributed by atoms with Gasteiger partial charge in [-0.2, -0.15) is 0 Å². The van der Waals surface area contributed by atoms with Crippen molar-refractivity contribution in [3.8, 4) is 28.2 Å². The third-order valence-electron chi connectivity index (χ3n) is 9.83. The second-order valence-electron chi connectivity index (χ2n) is 12.5. The summed E-state index contributed by atoms with van der Waals surface area (Å²) in [7, 11) is 0. The van der Waals surface area contributed by atoms with Crippen LogP contribution in [0, 0.1) is 0 Å². The molecule has 0 aliphatic heterocycles. The first kappa shape index (κ1) is 27.5. The van der Waals surface area contributed by atoms with Gasteiger partial charge in [0.1, 0.15) is 0 Å². The van der Waals surface area contributed by atoms with E-state index in [0.29, 0.717) is 5.39 Å². The smallest absolute Gasteiger partial charge is 0.265 e. The molecule has 0 amide bonds. The van der Waals surface area contributed by atoms with Crippen LogP contribution in [0.3, 0.4) is 0 Å². The highest BCUT2D eigenvalue weighted by Gasteiger charge is 2.22. The second kappa shape index (κ2) is 10.7. The number of rotatable bonds is 4. The Bertz CT molecular complexity index is 2930. The summed E-state index contributed by atoms with van der Waals surface area (Å²) >= 11 is 0. The zero-order valence-electron chi connectivity index (χ0n) is 26.5. The zero-order chi connectivity index (χ0) is 32.5. The lowest BCUT2D eigenvalue weighted by Crippen LogP contribution is -2.19. The number of hydrogen-bond acceptors (Lipinski definition) is 1. The maximum Gasteiger partial charge on any atom is 0.265 e. The number of fused-ring (bicyclic) bond motifs is 8. The minimum atomic E-state index is -0.0295. The fourth-order valence-electron chi connectivity index (χ4n) is 7.72. The maximum atomic E-state index is 14.9. The summed E-state index contributed by atoms with van der Waals surface area (Å²) in [4.78, 5) is 14.9. The number of nitrogens with zero attached hydrogens (tertiary/aromatic N) is 3. The van der Waals surface area contributed by atoms with Crippen LogP contribution in [0.1, 0.15) is 0 Å². The normalized spacial score (nSPS) is 11.8. The van der Waals surface area contributed by atoms with Crippen LogP contribution in [0.2, 0.25) is 0 Å². The van der Waals surface area contributed by atoms with E-state index in [2.05, 4.69) is 137 Å². The van der Waals surface area contributed by atoms with Gasteiger partial charge in [-0.25, -0.2) is 0 Å². The molecule has 3 aromatic heterocycles. The predicted octanol–water partition coefficient (Wildman–Crippen LogP) is 10.9. The first-order valence-electron chi connectivity index (χ1n) is 16.6. The van der Waals surface area contributed by atoms with E-state index in [1.807, 2.05) is 53.1 Å². The number of hydrogen-bond donors (Lipinski definition) is 0. The van der Waals surface area contributed by atoms with Crippen molar-refractivity contribution in [3.63, 3.8) is 0 Å². The van der Waals surface area contributed by atoms with Gasteiger partial charge in [-0.1, -0.05) is 103 Å². The van der Waals surface area contributed by atoms with Crippen molar-refractivity contribution in [2.75, 3.05) is 0 Å². The lowest BCUT2D eigenvalue weighted by Gasteiger charge is -2.14. The van der Waals surface area contributed by atoms with E-state index in [9.17, 15) is 4.79 Å². The van der Waals surface area contributed by atoms with Crippen molar-refractivity contribution in [1.29, 1.82) is 0 Å². The Balaban J connectivity index is 1.29. The molecule has 0 spiro atoms. The summed E-state index contributed by atoms with van der Waals surface area (Å²) in [5.41, 5.74) is 10.3. The summed E-state index contributed by atoms with van der Waals surface area (Å²) in [5, 5.41) is 5.08. The first-order chi connectivity index (χ1) is 24.3. The van der Waals surface area contributed by atoms with E-state index in [0.717, 1.165) is 61.0 Å². The SMILES string of the molecule is O=c1c2c3cc(-c4ccc5c(c4)c4ccccc4n5-c4ccccc4)ccc3n(-c3ccccc3)c2c2ccccc2n1-c1ccccc1. The van der Waals surface area contributed by atoms with Crippen molar-refractivity contribution in [1.82, 2.24) is 13.7 Å². The fraction of sp³-hybridized carbons (Fsp3) is 0. The van der Waals surface area contributed by atoms with Crippen LogP contribution in [0.15, 0.2) is 181 Å². The summed E-state index contributed by atoms with van der Waals surface area (Å²) in [6, 6.07) is 61.0. The molecule has 0 aliphatic carbocycles. The Morgan fingerprint density at radius 3 is 1.37 bits per heavy atom. The highest BCUT2D eigenvalue weighted by molar-refractivity contribution is 6.18. The molecule has 0 bridgehead atoms. The van der Waals surface area contributed by atoms with E-state index in [-0.39, 0.29) is 5.56 Å². The van der Waals surface area contributed by atoms with E-state index < -0.39 is 0 Å². The van der Waals surface area contributed by atoms with Crippen LogP contribution >= 0.6 is 0 Å². The summed E-state index contributed by atoms with van der Waals surface area (Å²) in [5.74, 6) is 0. The van der Waals surface area contributed by atoms with Crippen molar-refractivity contribution >= 4 is 54.5 Å². The zero-order valence-corrected chi connectivity index (χ0v) is 26.5. The number of pyridine rings is 1. The van der Waals surface area contributed by atoms with Crippen molar-refractivity contribution in [2.24, 2.45) is 0 Å². The average molecular weight is 628 g/mol. The molecule has 10 aromatic rings. The number of para-hydroxylation sites is 5. The van der Waals surface area contributed by atoms with Crippen LogP contribution < -0.4 is 5.56 Å². The second-order valence-corrected chi connectivity index (χ2v) is 12.5. The highest BCUT2D eigenvalue weighted by atomic mass is 16.1. The molecule has 0 N–H and O–H groups in total. The number of aromatic nitrogens is 3. The van der Waals surface area contributed by atoms with E-state index in [1.165, 1.54) is 16.3 Å². The monoisotopic (exact) mass is 627 g/mol. The Kier molecular flexibility index (Phi) is 5.99. The van der Waals surface area contributed by atoms with Crippen LogP contribution in [0.4, 0.5) is 0 Å². The summed E-state index contributed by atoms with van der Waals surface area (Å²) in [6.45, 7) is 0. The van der Waals surface area contributed by atoms with Gasteiger partial charge in [-0.05, 0) is 83.9 Å². The van der Waals surface area contributed by atoms with Gasteiger partial charge < -0.3 is 9.13 Å². The molecule has 10 rings (SSSR count). The Hall–Kier alpha value is -6.65. The van der Waals surface area contributed by atoms with Gasteiger partial charge in [0.05, 0.1) is 33.0 Å². The van der Waals surface area contributed by atoms with Crippen LogP contribution in [0.5, 0.6) is 0 Å². The summed E-state index contributed by atoms with van der Waals surface area (Å²) < 4.78 is 6.45. The molecule has 7 aromatic carbocycles. The number of benzene rings is 7. The minimum Gasteiger partial charge on any atom is -0.309 e. The van der Waals surface area contributed by atoms with Crippen LogP contribution in [-0.4, -0.2) is 13.7 Å². The van der Waals surface area contributed by atoms with Gasteiger partial charge in [0.2, 0.25) is 0 Å². The van der Waals surface area contributed by atoms with Gasteiger partial charge in [0.25, 0.3) is 5.56 Å². The molecule has 0 fully saturated rings. The Morgan fingerprint density at radius 1 is 0.327 bits per heavy atom. The van der Waals surface area contributed by atoms with Crippen LogP contribution in [-0.2, 0) is 0 Å². The minimum absolute atomic E-state index is 0.0295. The van der Waals surface area contributed by atoms with Gasteiger partial charge in [-0.3, -0.25) is 9.36 Å². The molecule has 3 heterocycles. The molecule has 4 nitrogen and oxygen atoms in total. The van der Waals surface area contributed by atoms with E-state index >= 15 is 0 Å². The first-order valence-corrected chi connectivity index (χ1v) is 16.6. The molecular formula is C45H29N3O. The quantitative estimate of drug-likeness (QED) is 0.191. The molecule has 0 atom stereocenters. The van der Waals surface area contributed by atoms with Gasteiger partial charge in [0, 0.05) is 38.6 Å². The van der Waals surface area contributed by atoms with Crippen LogP contribution in [0.25, 0.3) is 82.7 Å². The largest absolute Gasteiger partial charge is 0.309 e. The molecule has 0 radical (unpaired) electrons. The molecule has 0 saturated carbocycles. The molecule has 4 heteroatoms. The topological polar surface area (TPSA) is 31.9 Å². The standard InChI is InChI=1S/C45H29N3O/c49-45-43-38-29-31(30-24-26-41-37(28-30)35-20-10-12-22-39(35)46(41)32-14-4-1-5-15-32)25-27-42(38)47(33-16-6-2-7-17-33)44(43)36-21-11-13-23-40(36)48(45)34-18-8-3-9-19-34/h1-29H. The third-order valence-corrected chi connectivity index (χ3v) is 9.83. The molecule has 0 aliphatic rings. The lowest BCUT2D eigenvalue weighted by atomic mass is 10.0. The van der Waals surface area contributed by atoms with Gasteiger partial charge in [-0.15, -0.1) is 0 Å². The fourth-order valence-corrected chi connectivity index (χ4v) is 7.72. The predicted molar refractivity (Wildman–Crippen MR) is 204 cm³/mol. The molecule has 0 saturated heterocycles. The van der Waals surface area contributed by atoms with Gasteiger partial charge in [0.15, 0.2) is 0 Å². The summed E-state index contributed by atoms with van der Waals surface area (Å²) in [6.07, 6.45) is 0. The average Bonchev–Trinajstić information content (AvgIpc) is 3.69.